The molecule has 1 saturated heterocycles. The van der Waals surface area contributed by atoms with Gasteiger partial charge in [-0.25, -0.2) is 9.97 Å². The highest BCUT2D eigenvalue weighted by Crippen LogP contribution is 2.21. The minimum Gasteiger partial charge on any atom is -0.339 e. The molecule has 1 aliphatic heterocycles. The van der Waals surface area contributed by atoms with Crippen molar-refractivity contribution in [3.05, 3.63) is 17.5 Å². The van der Waals surface area contributed by atoms with E-state index in [1.54, 1.807) is 0 Å². The number of aryl methyl sites for hydroxylation is 1. The Balaban J connectivity index is 2.17. The molecule has 16 heavy (non-hydrogen) atoms. The molecule has 1 aromatic heterocycles. The molecule has 88 valence electrons. The first-order valence-corrected chi connectivity index (χ1v) is 6.64. The Morgan fingerprint density at radius 2 is 2.44 bits per heavy atom. The summed E-state index contributed by atoms with van der Waals surface area (Å²) in [5.41, 5.74) is 7.63. The molecule has 1 unspecified atom stereocenters. The third-order valence-corrected chi connectivity index (χ3v) is 3.95. The number of hydrogen-bond acceptors (Lipinski definition) is 5. The van der Waals surface area contributed by atoms with E-state index in [-0.39, 0.29) is 0 Å². The van der Waals surface area contributed by atoms with Crippen LogP contribution in [0.5, 0.6) is 0 Å². The molecule has 0 aromatic carbocycles. The van der Waals surface area contributed by atoms with Crippen molar-refractivity contribution in [1.82, 2.24) is 9.97 Å². The van der Waals surface area contributed by atoms with Crippen molar-refractivity contribution in [2.24, 2.45) is 5.73 Å². The number of anilines is 1. The number of thioether (sulfide) groups is 1. The van der Waals surface area contributed by atoms with Crippen LogP contribution >= 0.6 is 11.8 Å². The molecule has 2 heterocycles. The van der Waals surface area contributed by atoms with E-state index in [4.69, 9.17) is 5.73 Å². The normalized spacial score (nSPS) is 21.2. The molecule has 5 heteroatoms. The SMILES string of the molecule is Cc1nc(N2CCSC(C)C2)ncc1CN. The first-order chi connectivity index (χ1) is 7.70. The predicted molar refractivity (Wildman–Crippen MR) is 68.8 cm³/mol. The van der Waals surface area contributed by atoms with Crippen molar-refractivity contribution in [2.75, 3.05) is 23.7 Å². The summed E-state index contributed by atoms with van der Waals surface area (Å²) < 4.78 is 0. The van der Waals surface area contributed by atoms with Crippen LogP contribution in [0.4, 0.5) is 5.95 Å². The number of nitrogens with zero attached hydrogens (tertiary/aromatic N) is 3. The van der Waals surface area contributed by atoms with Crippen LogP contribution in [0, 0.1) is 6.92 Å². The summed E-state index contributed by atoms with van der Waals surface area (Å²) in [6.45, 7) is 6.83. The standard InChI is InChI=1S/C11H18N4S/c1-8-7-15(3-4-16-8)11-13-6-10(5-12)9(2)14-11/h6,8H,3-5,7,12H2,1-2H3. The monoisotopic (exact) mass is 238 g/mol. The van der Waals surface area contributed by atoms with Gasteiger partial charge in [-0.05, 0) is 6.92 Å². The topological polar surface area (TPSA) is 55.0 Å². The number of aromatic nitrogens is 2. The summed E-state index contributed by atoms with van der Waals surface area (Å²) in [4.78, 5) is 11.2. The van der Waals surface area contributed by atoms with Gasteiger partial charge in [0.15, 0.2) is 0 Å². The highest BCUT2D eigenvalue weighted by atomic mass is 32.2. The van der Waals surface area contributed by atoms with Gasteiger partial charge in [0.2, 0.25) is 5.95 Å². The molecule has 0 saturated carbocycles. The van der Waals surface area contributed by atoms with E-state index in [1.807, 2.05) is 24.9 Å². The van der Waals surface area contributed by atoms with E-state index in [1.165, 1.54) is 0 Å². The van der Waals surface area contributed by atoms with Crippen LogP contribution in [-0.4, -0.2) is 34.1 Å². The van der Waals surface area contributed by atoms with E-state index in [0.29, 0.717) is 11.8 Å². The van der Waals surface area contributed by atoms with Crippen molar-refractivity contribution in [3.8, 4) is 0 Å². The third-order valence-electron chi connectivity index (χ3n) is 2.81. The maximum absolute atomic E-state index is 5.60. The third kappa shape index (κ3) is 2.47. The van der Waals surface area contributed by atoms with Gasteiger partial charge in [0.05, 0.1) is 0 Å². The van der Waals surface area contributed by atoms with Gasteiger partial charge < -0.3 is 10.6 Å². The molecule has 1 aromatic rings. The lowest BCUT2D eigenvalue weighted by atomic mass is 10.2. The van der Waals surface area contributed by atoms with Gasteiger partial charge >= 0.3 is 0 Å². The maximum Gasteiger partial charge on any atom is 0.225 e. The summed E-state index contributed by atoms with van der Waals surface area (Å²) >= 11 is 2.01. The Labute approximate surface area is 101 Å². The van der Waals surface area contributed by atoms with Crippen molar-refractivity contribution >= 4 is 17.7 Å². The van der Waals surface area contributed by atoms with Crippen LogP contribution in [0.2, 0.25) is 0 Å². The van der Waals surface area contributed by atoms with Gasteiger partial charge in [0.25, 0.3) is 0 Å². The van der Waals surface area contributed by atoms with E-state index < -0.39 is 0 Å². The Morgan fingerprint density at radius 3 is 3.06 bits per heavy atom. The zero-order valence-corrected chi connectivity index (χ0v) is 10.6. The smallest absolute Gasteiger partial charge is 0.225 e. The molecular weight excluding hydrogens is 220 g/mol. The molecule has 1 aliphatic rings. The predicted octanol–water partition coefficient (Wildman–Crippen LogP) is 1.19. The van der Waals surface area contributed by atoms with E-state index >= 15 is 0 Å². The van der Waals surface area contributed by atoms with Crippen LogP contribution in [-0.2, 0) is 6.54 Å². The summed E-state index contributed by atoms with van der Waals surface area (Å²) in [7, 11) is 0. The quantitative estimate of drug-likeness (QED) is 0.838. The maximum atomic E-state index is 5.60. The van der Waals surface area contributed by atoms with E-state index in [0.717, 1.165) is 36.0 Å². The fourth-order valence-corrected chi connectivity index (χ4v) is 2.85. The molecule has 0 spiro atoms. The van der Waals surface area contributed by atoms with Gasteiger partial charge in [-0.1, -0.05) is 6.92 Å². The van der Waals surface area contributed by atoms with Crippen molar-refractivity contribution < 1.29 is 0 Å². The second kappa shape index (κ2) is 5.01. The largest absolute Gasteiger partial charge is 0.339 e. The lowest BCUT2D eigenvalue weighted by Gasteiger charge is -2.30. The fraction of sp³-hybridized carbons (Fsp3) is 0.636. The molecular formula is C11H18N4S. The second-order valence-electron chi connectivity index (χ2n) is 4.11. The van der Waals surface area contributed by atoms with Crippen LogP contribution in [0.1, 0.15) is 18.2 Å². The number of nitrogens with two attached hydrogens (primary N) is 1. The molecule has 2 N–H and O–H groups in total. The summed E-state index contributed by atoms with van der Waals surface area (Å²) in [6.07, 6.45) is 1.85. The number of rotatable bonds is 2. The minimum absolute atomic E-state index is 0.512. The molecule has 1 atom stereocenters. The van der Waals surface area contributed by atoms with Gasteiger partial charge in [0.1, 0.15) is 0 Å². The Bertz CT molecular complexity index is 369. The van der Waals surface area contributed by atoms with Crippen molar-refractivity contribution in [1.29, 1.82) is 0 Å². The van der Waals surface area contributed by atoms with Gasteiger partial charge in [-0.15, -0.1) is 0 Å². The molecule has 0 aliphatic carbocycles. The lowest BCUT2D eigenvalue weighted by molar-refractivity contribution is 0.748. The zero-order valence-electron chi connectivity index (χ0n) is 9.81. The average molecular weight is 238 g/mol. The Hall–Kier alpha value is -0.810. The molecule has 0 bridgehead atoms. The van der Waals surface area contributed by atoms with Gasteiger partial charge in [0, 0.05) is 48.1 Å². The van der Waals surface area contributed by atoms with Crippen molar-refractivity contribution in [3.63, 3.8) is 0 Å². The van der Waals surface area contributed by atoms with E-state index in [9.17, 15) is 0 Å². The Kier molecular flexibility index (Phi) is 3.66. The number of hydrogen-bond donors (Lipinski definition) is 1. The van der Waals surface area contributed by atoms with Gasteiger partial charge in [-0.2, -0.15) is 11.8 Å². The molecule has 4 nitrogen and oxygen atoms in total. The first kappa shape index (κ1) is 11.7. The zero-order chi connectivity index (χ0) is 11.5. The highest BCUT2D eigenvalue weighted by Gasteiger charge is 2.19. The van der Waals surface area contributed by atoms with Crippen LogP contribution < -0.4 is 10.6 Å². The fourth-order valence-electron chi connectivity index (χ4n) is 1.83. The summed E-state index contributed by atoms with van der Waals surface area (Å²) in [5.74, 6) is 2.00. The van der Waals surface area contributed by atoms with Crippen LogP contribution in [0.15, 0.2) is 6.20 Å². The molecule has 0 radical (unpaired) electrons. The minimum atomic E-state index is 0.512. The highest BCUT2D eigenvalue weighted by molar-refractivity contribution is 8.00. The molecule has 0 amide bonds. The van der Waals surface area contributed by atoms with Gasteiger partial charge in [-0.3, -0.25) is 0 Å². The lowest BCUT2D eigenvalue weighted by Crippen LogP contribution is -2.37. The molecule has 2 rings (SSSR count). The first-order valence-electron chi connectivity index (χ1n) is 5.60. The van der Waals surface area contributed by atoms with E-state index in [2.05, 4.69) is 21.8 Å². The van der Waals surface area contributed by atoms with Crippen LogP contribution in [0.3, 0.4) is 0 Å². The van der Waals surface area contributed by atoms with Crippen molar-refractivity contribution in [2.45, 2.75) is 25.6 Å². The Morgan fingerprint density at radius 1 is 1.62 bits per heavy atom. The second-order valence-corrected chi connectivity index (χ2v) is 5.66. The van der Waals surface area contributed by atoms with Crippen LogP contribution in [0.25, 0.3) is 0 Å². The average Bonchev–Trinajstić information content (AvgIpc) is 2.29. The summed E-state index contributed by atoms with van der Waals surface area (Å²) in [6, 6.07) is 0. The molecule has 1 fully saturated rings. The summed E-state index contributed by atoms with van der Waals surface area (Å²) in [5, 5.41) is 0.659.